The van der Waals surface area contributed by atoms with Crippen LogP contribution in [-0.4, -0.2) is 60.0 Å². The maximum Gasteiger partial charge on any atom is 0.354 e. The number of amides is 4. The molecule has 2 aromatic carbocycles. The van der Waals surface area contributed by atoms with Gasteiger partial charge in [-0.3, -0.25) is 9.59 Å². The van der Waals surface area contributed by atoms with E-state index in [2.05, 4.69) is 10.6 Å². The van der Waals surface area contributed by atoms with Crippen LogP contribution in [0.4, 0.5) is 4.79 Å². The van der Waals surface area contributed by atoms with Gasteiger partial charge in [0.25, 0.3) is 11.8 Å². The Balaban J connectivity index is 1.45. The van der Waals surface area contributed by atoms with Crippen LogP contribution in [-0.2, 0) is 22.6 Å². The Morgan fingerprint density at radius 2 is 1.89 bits per heavy atom. The van der Waals surface area contributed by atoms with E-state index in [4.69, 9.17) is 28.0 Å². The molecule has 0 radical (unpaired) electrons. The molecule has 1 heterocycles. The highest BCUT2D eigenvalue weighted by atomic mass is 35.5. The minimum atomic E-state index is -1.13. The van der Waals surface area contributed by atoms with Crippen LogP contribution in [0.5, 0.6) is 0 Å². The molecule has 0 aromatic heterocycles. The standard InChI is InChI=1S/C26H28Cl2N4O5/c1-15(25(35)37-32(26(36)29-2)14-16-6-4-3-5-7-16)30-23(33)21-20(27)12-19-18(22(21)28)10-11-31(24(19)34)13-17-8-9-17/h3-7,12,15,17H,8-11,13-14H2,1-2H3,(H,29,36)(H,30,33)/t15-/m0/s1. The molecule has 37 heavy (non-hydrogen) atoms. The van der Waals surface area contributed by atoms with E-state index in [1.807, 2.05) is 6.07 Å². The number of hydroxylamine groups is 2. The van der Waals surface area contributed by atoms with E-state index < -0.39 is 23.9 Å². The van der Waals surface area contributed by atoms with Crippen molar-refractivity contribution < 1.29 is 24.0 Å². The Morgan fingerprint density at radius 1 is 1.19 bits per heavy atom. The number of hydrogen-bond donors (Lipinski definition) is 2. The fourth-order valence-electron chi connectivity index (χ4n) is 4.14. The van der Waals surface area contributed by atoms with Crippen molar-refractivity contribution in [3.05, 3.63) is 68.7 Å². The summed E-state index contributed by atoms with van der Waals surface area (Å²) in [5.74, 6) is -1.14. The quantitative estimate of drug-likeness (QED) is 0.513. The zero-order valence-corrected chi connectivity index (χ0v) is 22.1. The maximum atomic E-state index is 13.1. The average Bonchev–Trinajstić information content (AvgIpc) is 3.70. The van der Waals surface area contributed by atoms with Crippen molar-refractivity contribution in [2.24, 2.45) is 5.92 Å². The Morgan fingerprint density at radius 3 is 2.54 bits per heavy atom. The van der Waals surface area contributed by atoms with Crippen molar-refractivity contribution >= 4 is 47.0 Å². The molecule has 0 saturated heterocycles. The minimum Gasteiger partial charge on any atom is -0.339 e. The molecule has 2 N–H and O–H groups in total. The number of nitrogens with one attached hydrogen (secondary N) is 2. The molecule has 1 aliphatic heterocycles. The molecule has 2 aliphatic rings. The molecule has 4 rings (SSSR count). The zero-order valence-electron chi connectivity index (χ0n) is 20.6. The Hall–Kier alpha value is -3.30. The average molecular weight is 547 g/mol. The van der Waals surface area contributed by atoms with Crippen LogP contribution >= 0.6 is 23.2 Å². The van der Waals surface area contributed by atoms with E-state index >= 15 is 0 Å². The highest BCUT2D eigenvalue weighted by Gasteiger charge is 2.34. The van der Waals surface area contributed by atoms with Crippen molar-refractivity contribution in [3.63, 3.8) is 0 Å². The Bertz CT molecular complexity index is 1220. The van der Waals surface area contributed by atoms with E-state index in [1.165, 1.54) is 20.0 Å². The highest BCUT2D eigenvalue weighted by Crippen LogP contribution is 2.36. The van der Waals surface area contributed by atoms with Gasteiger partial charge in [-0.05, 0) is 49.3 Å². The molecule has 1 aliphatic carbocycles. The van der Waals surface area contributed by atoms with E-state index in [1.54, 1.807) is 29.2 Å². The normalized spacial score (nSPS) is 15.5. The minimum absolute atomic E-state index is 0.0134. The van der Waals surface area contributed by atoms with E-state index in [9.17, 15) is 19.2 Å². The molecule has 2 aromatic rings. The summed E-state index contributed by atoms with van der Waals surface area (Å²) in [5, 5.41) is 5.93. The molecular weight excluding hydrogens is 519 g/mol. The maximum absolute atomic E-state index is 13.1. The van der Waals surface area contributed by atoms with Gasteiger partial charge in [0, 0.05) is 25.7 Å². The highest BCUT2D eigenvalue weighted by molar-refractivity contribution is 6.41. The molecule has 0 bridgehead atoms. The van der Waals surface area contributed by atoms with Gasteiger partial charge in [0.2, 0.25) is 0 Å². The third kappa shape index (κ3) is 6.17. The second-order valence-corrected chi connectivity index (χ2v) is 9.99. The van der Waals surface area contributed by atoms with Crippen LogP contribution in [0.3, 0.4) is 0 Å². The lowest BCUT2D eigenvalue weighted by atomic mass is 9.95. The van der Waals surface area contributed by atoms with Crippen LogP contribution in [0.15, 0.2) is 36.4 Å². The first-order valence-corrected chi connectivity index (χ1v) is 12.8. The smallest absolute Gasteiger partial charge is 0.339 e. The predicted molar refractivity (Wildman–Crippen MR) is 138 cm³/mol. The van der Waals surface area contributed by atoms with Gasteiger partial charge < -0.3 is 20.4 Å². The lowest BCUT2D eigenvalue weighted by Crippen LogP contribution is -2.46. The summed E-state index contributed by atoms with van der Waals surface area (Å²) in [6, 6.07) is 8.70. The lowest BCUT2D eigenvalue weighted by molar-refractivity contribution is -0.180. The molecule has 1 fully saturated rings. The topological polar surface area (TPSA) is 108 Å². The first kappa shape index (κ1) is 26.8. The number of fused-ring (bicyclic) bond motifs is 1. The molecule has 1 atom stereocenters. The second-order valence-electron chi connectivity index (χ2n) is 9.20. The van der Waals surface area contributed by atoms with Crippen molar-refractivity contribution in [1.82, 2.24) is 20.6 Å². The fraction of sp³-hybridized carbons (Fsp3) is 0.385. The van der Waals surface area contributed by atoms with Crippen LogP contribution in [0.25, 0.3) is 0 Å². The van der Waals surface area contributed by atoms with E-state index in [0.717, 1.165) is 23.5 Å². The number of hydrogen-bond acceptors (Lipinski definition) is 5. The molecule has 196 valence electrons. The summed E-state index contributed by atoms with van der Waals surface area (Å²) in [4.78, 5) is 58.1. The molecule has 0 spiro atoms. The molecule has 4 amide bonds. The number of benzene rings is 2. The van der Waals surface area contributed by atoms with Gasteiger partial charge in [-0.2, -0.15) is 0 Å². The number of nitrogens with zero attached hydrogens (tertiary/aromatic N) is 2. The van der Waals surface area contributed by atoms with Gasteiger partial charge in [0.1, 0.15) is 6.04 Å². The number of carbonyl (C=O) groups excluding carboxylic acids is 4. The van der Waals surface area contributed by atoms with E-state index in [-0.39, 0.29) is 28.1 Å². The molecular formula is C26H28Cl2N4O5. The van der Waals surface area contributed by atoms with Gasteiger partial charge in [0.15, 0.2) is 0 Å². The van der Waals surface area contributed by atoms with Crippen molar-refractivity contribution in [3.8, 4) is 0 Å². The van der Waals surface area contributed by atoms with Gasteiger partial charge in [-0.1, -0.05) is 53.5 Å². The summed E-state index contributed by atoms with van der Waals surface area (Å²) >= 11 is 13.0. The van der Waals surface area contributed by atoms with Crippen LogP contribution in [0, 0.1) is 5.92 Å². The van der Waals surface area contributed by atoms with Crippen molar-refractivity contribution in [1.29, 1.82) is 0 Å². The largest absolute Gasteiger partial charge is 0.354 e. The number of urea groups is 1. The first-order chi connectivity index (χ1) is 17.7. The fourth-order valence-corrected chi connectivity index (χ4v) is 4.86. The van der Waals surface area contributed by atoms with Crippen LogP contribution in [0.1, 0.15) is 51.6 Å². The second kappa shape index (κ2) is 11.4. The Labute approximate surface area is 225 Å². The van der Waals surface area contributed by atoms with Crippen LogP contribution in [0.2, 0.25) is 10.0 Å². The monoisotopic (exact) mass is 546 g/mol. The lowest BCUT2D eigenvalue weighted by Gasteiger charge is -2.30. The summed E-state index contributed by atoms with van der Waals surface area (Å²) in [5.41, 5.74) is 1.69. The summed E-state index contributed by atoms with van der Waals surface area (Å²) in [6.45, 7) is 2.67. The van der Waals surface area contributed by atoms with Crippen molar-refractivity contribution in [2.45, 2.75) is 38.8 Å². The SMILES string of the molecule is CNC(=O)N(Cc1ccccc1)OC(=O)[C@H](C)NC(=O)c1c(Cl)cc2c(c1Cl)CCN(CC1CC1)C2=O. The van der Waals surface area contributed by atoms with E-state index in [0.29, 0.717) is 36.6 Å². The molecule has 11 heteroatoms. The van der Waals surface area contributed by atoms with Gasteiger partial charge in [0.05, 0.1) is 22.2 Å². The first-order valence-electron chi connectivity index (χ1n) is 12.1. The van der Waals surface area contributed by atoms with Gasteiger partial charge in [-0.15, -0.1) is 5.06 Å². The molecule has 9 nitrogen and oxygen atoms in total. The number of rotatable bonds is 7. The third-order valence-corrected chi connectivity index (χ3v) is 7.10. The number of halogens is 2. The summed E-state index contributed by atoms with van der Waals surface area (Å²) in [6.07, 6.45) is 2.76. The third-order valence-electron chi connectivity index (χ3n) is 6.38. The van der Waals surface area contributed by atoms with Crippen molar-refractivity contribution in [2.75, 3.05) is 20.1 Å². The molecule has 0 unspecified atom stereocenters. The van der Waals surface area contributed by atoms with Crippen LogP contribution < -0.4 is 10.6 Å². The number of carbonyl (C=O) groups is 4. The summed E-state index contributed by atoms with van der Waals surface area (Å²) in [7, 11) is 1.41. The van der Waals surface area contributed by atoms with Gasteiger partial charge in [-0.25, -0.2) is 9.59 Å². The Kier molecular flexibility index (Phi) is 8.24. The molecule has 1 saturated carbocycles. The van der Waals surface area contributed by atoms with Gasteiger partial charge >= 0.3 is 12.0 Å². The zero-order chi connectivity index (χ0) is 26.7. The predicted octanol–water partition coefficient (Wildman–Crippen LogP) is 3.82. The summed E-state index contributed by atoms with van der Waals surface area (Å²) < 4.78 is 0.